The Bertz CT molecular complexity index is 910. The van der Waals surface area contributed by atoms with Crippen molar-refractivity contribution < 1.29 is 14.3 Å². The summed E-state index contributed by atoms with van der Waals surface area (Å²) in [5.74, 6) is 1.47. The molecule has 0 unspecified atom stereocenters. The van der Waals surface area contributed by atoms with E-state index in [1.165, 1.54) is 23.1 Å². The van der Waals surface area contributed by atoms with Crippen LogP contribution < -0.4 is 14.8 Å². The maximum absolute atomic E-state index is 12.1. The van der Waals surface area contributed by atoms with Crippen LogP contribution in [0.2, 0.25) is 5.02 Å². The van der Waals surface area contributed by atoms with Crippen LogP contribution in [0.25, 0.3) is 10.6 Å². The summed E-state index contributed by atoms with van der Waals surface area (Å²) in [6, 6.07) is 12.5. The second kappa shape index (κ2) is 9.07. The third-order valence-corrected chi connectivity index (χ3v) is 5.82. The summed E-state index contributed by atoms with van der Waals surface area (Å²) in [6.07, 6.45) is 0. The van der Waals surface area contributed by atoms with Crippen molar-refractivity contribution in [1.29, 1.82) is 0 Å². The Morgan fingerprint density at radius 1 is 1.11 bits per heavy atom. The fourth-order valence-corrected chi connectivity index (χ4v) is 3.94. The molecule has 3 rings (SSSR count). The highest BCUT2D eigenvalue weighted by Gasteiger charge is 2.12. The smallest absolute Gasteiger partial charge is 0.234 e. The highest BCUT2D eigenvalue weighted by atomic mass is 35.5. The van der Waals surface area contributed by atoms with E-state index in [1.807, 2.05) is 12.1 Å². The van der Waals surface area contributed by atoms with E-state index in [4.69, 9.17) is 21.1 Å². The van der Waals surface area contributed by atoms with Gasteiger partial charge in [0.25, 0.3) is 0 Å². The number of nitrogens with one attached hydrogen (secondary N) is 1. The number of anilines is 1. The molecule has 3 aromatic rings. The molecular weight excluding hydrogens is 406 g/mol. The second-order valence-corrected chi connectivity index (χ2v) is 7.95. The van der Waals surface area contributed by atoms with Gasteiger partial charge in [0.05, 0.1) is 20.0 Å². The lowest BCUT2D eigenvalue weighted by Gasteiger charge is -2.06. The topological polar surface area (TPSA) is 73.3 Å². The number of nitrogens with zero attached hydrogens (tertiary/aromatic N) is 2. The molecule has 1 N–H and O–H groups in total. The third-order valence-electron chi connectivity index (χ3n) is 3.46. The van der Waals surface area contributed by atoms with E-state index < -0.39 is 0 Å². The molecule has 1 aromatic heterocycles. The number of thioether (sulfide) groups is 1. The van der Waals surface area contributed by atoms with E-state index in [1.54, 1.807) is 44.6 Å². The van der Waals surface area contributed by atoms with Gasteiger partial charge in [0, 0.05) is 22.3 Å². The first-order chi connectivity index (χ1) is 13.1. The van der Waals surface area contributed by atoms with Gasteiger partial charge in [-0.2, -0.15) is 0 Å². The fourth-order valence-electron chi connectivity index (χ4n) is 2.17. The monoisotopic (exact) mass is 421 g/mol. The number of rotatable bonds is 7. The zero-order valence-corrected chi connectivity index (χ0v) is 17.0. The molecule has 0 spiro atoms. The van der Waals surface area contributed by atoms with E-state index in [0.29, 0.717) is 26.5 Å². The lowest BCUT2D eigenvalue weighted by atomic mass is 10.2. The van der Waals surface area contributed by atoms with Gasteiger partial charge in [0.15, 0.2) is 4.34 Å². The summed E-state index contributed by atoms with van der Waals surface area (Å²) in [6.45, 7) is 0. The largest absolute Gasteiger partial charge is 0.497 e. The maximum atomic E-state index is 12.1. The molecule has 0 fully saturated rings. The molecule has 0 saturated heterocycles. The van der Waals surface area contributed by atoms with Gasteiger partial charge in [-0.1, -0.05) is 34.7 Å². The van der Waals surface area contributed by atoms with Gasteiger partial charge in [-0.3, -0.25) is 4.79 Å². The first-order valence-corrected chi connectivity index (χ1v) is 10.0. The minimum Gasteiger partial charge on any atom is -0.497 e. The van der Waals surface area contributed by atoms with Crippen LogP contribution in [0.3, 0.4) is 0 Å². The average molecular weight is 422 g/mol. The van der Waals surface area contributed by atoms with Gasteiger partial charge in [0.2, 0.25) is 5.91 Å². The van der Waals surface area contributed by atoms with Crippen LogP contribution in [0.4, 0.5) is 5.69 Å². The van der Waals surface area contributed by atoms with Gasteiger partial charge in [0.1, 0.15) is 16.5 Å². The summed E-state index contributed by atoms with van der Waals surface area (Å²) >= 11 is 8.57. The molecule has 0 aliphatic carbocycles. The van der Waals surface area contributed by atoms with Crippen molar-refractivity contribution in [3.8, 4) is 22.1 Å². The molecule has 0 aliphatic rings. The van der Waals surface area contributed by atoms with Crippen LogP contribution in [-0.4, -0.2) is 36.1 Å². The van der Waals surface area contributed by atoms with E-state index in [0.717, 1.165) is 10.6 Å². The molecular formula is C18H16ClN3O3S2. The molecule has 1 amide bonds. The maximum Gasteiger partial charge on any atom is 0.234 e. The van der Waals surface area contributed by atoms with Crippen molar-refractivity contribution in [3.05, 3.63) is 47.5 Å². The van der Waals surface area contributed by atoms with Crippen LogP contribution in [-0.2, 0) is 4.79 Å². The van der Waals surface area contributed by atoms with Crippen LogP contribution >= 0.6 is 34.7 Å². The first kappa shape index (κ1) is 19.5. The number of hydrogen-bond donors (Lipinski definition) is 1. The number of methoxy groups -OCH3 is 2. The van der Waals surface area contributed by atoms with Crippen LogP contribution in [0, 0.1) is 0 Å². The molecule has 9 heteroatoms. The second-order valence-electron chi connectivity index (χ2n) is 5.32. The molecule has 0 bridgehead atoms. The summed E-state index contributed by atoms with van der Waals surface area (Å²) in [5, 5.41) is 12.5. The number of aromatic nitrogens is 2. The molecule has 2 aromatic carbocycles. The number of carbonyl (C=O) groups excluding carboxylic acids is 1. The Morgan fingerprint density at radius 3 is 2.41 bits per heavy atom. The highest BCUT2D eigenvalue weighted by molar-refractivity contribution is 8.01. The summed E-state index contributed by atoms with van der Waals surface area (Å²) in [4.78, 5) is 12.1. The average Bonchev–Trinajstić information content (AvgIpc) is 3.17. The number of halogens is 1. The standard InChI is InChI=1S/C18H16ClN3O3S2/c1-24-14-7-11(8-15(9-14)25-2)17-21-22-18(27-17)26-10-16(23)20-13-5-3-12(19)4-6-13/h3-9H,10H2,1-2H3,(H,20,23). The normalized spacial score (nSPS) is 10.5. The van der Waals surface area contributed by atoms with Crippen LogP contribution in [0.5, 0.6) is 11.5 Å². The summed E-state index contributed by atoms with van der Waals surface area (Å²) < 4.78 is 11.3. The zero-order valence-electron chi connectivity index (χ0n) is 14.6. The van der Waals surface area contributed by atoms with Crippen LogP contribution in [0.15, 0.2) is 46.8 Å². The van der Waals surface area contributed by atoms with Gasteiger partial charge in [-0.05, 0) is 36.4 Å². The highest BCUT2D eigenvalue weighted by Crippen LogP contribution is 2.34. The van der Waals surface area contributed by atoms with Gasteiger partial charge in [-0.15, -0.1) is 10.2 Å². The van der Waals surface area contributed by atoms with Crippen molar-refractivity contribution in [2.45, 2.75) is 4.34 Å². The van der Waals surface area contributed by atoms with E-state index in [-0.39, 0.29) is 11.7 Å². The summed E-state index contributed by atoms with van der Waals surface area (Å²) in [5.41, 5.74) is 1.55. The fraction of sp³-hybridized carbons (Fsp3) is 0.167. The minimum absolute atomic E-state index is 0.123. The molecule has 1 heterocycles. The van der Waals surface area contributed by atoms with Crippen molar-refractivity contribution >= 4 is 46.3 Å². The van der Waals surface area contributed by atoms with Gasteiger partial charge < -0.3 is 14.8 Å². The van der Waals surface area contributed by atoms with Crippen molar-refractivity contribution in [3.63, 3.8) is 0 Å². The lowest BCUT2D eigenvalue weighted by Crippen LogP contribution is -2.13. The molecule has 140 valence electrons. The quantitative estimate of drug-likeness (QED) is 0.562. The number of hydrogen-bond acceptors (Lipinski definition) is 7. The minimum atomic E-state index is -0.123. The Morgan fingerprint density at radius 2 is 1.78 bits per heavy atom. The molecule has 6 nitrogen and oxygen atoms in total. The number of benzene rings is 2. The lowest BCUT2D eigenvalue weighted by molar-refractivity contribution is -0.113. The van der Waals surface area contributed by atoms with E-state index in [9.17, 15) is 4.79 Å². The zero-order chi connectivity index (χ0) is 19.2. The van der Waals surface area contributed by atoms with E-state index >= 15 is 0 Å². The van der Waals surface area contributed by atoms with Crippen molar-refractivity contribution in [2.24, 2.45) is 0 Å². The Labute approximate surface area is 169 Å². The molecule has 0 saturated carbocycles. The third kappa shape index (κ3) is 5.35. The van der Waals surface area contributed by atoms with Crippen LogP contribution in [0.1, 0.15) is 0 Å². The number of carbonyl (C=O) groups is 1. The van der Waals surface area contributed by atoms with Crippen molar-refractivity contribution in [2.75, 3.05) is 25.3 Å². The molecule has 27 heavy (non-hydrogen) atoms. The van der Waals surface area contributed by atoms with Crippen molar-refractivity contribution in [1.82, 2.24) is 10.2 Å². The number of amides is 1. The Hall–Kier alpha value is -2.29. The first-order valence-electron chi connectivity index (χ1n) is 7.82. The molecule has 0 aliphatic heterocycles. The predicted octanol–water partition coefficient (Wildman–Crippen LogP) is 4.61. The molecule has 0 atom stereocenters. The predicted molar refractivity (Wildman–Crippen MR) is 109 cm³/mol. The van der Waals surface area contributed by atoms with Gasteiger partial charge in [-0.25, -0.2) is 0 Å². The van der Waals surface area contributed by atoms with Gasteiger partial charge >= 0.3 is 0 Å². The Balaban J connectivity index is 1.62. The number of ether oxygens (including phenoxy) is 2. The summed E-state index contributed by atoms with van der Waals surface area (Å²) in [7, 11) is 3.19. The molecule has 0 radical (unpaired) electrons. The Kier molecular flexibility index (Phi) is 6.54. The SMILES string of the molecule is COc1cc(OC)cc(-c2nnc(SCC(=O)Nc3ccc(Cl)cc3)s2)c1. The van der Waals surface area contributed by atoms with E-state index in [2.05, 4.69) is 15.5 Å².